The van der Waals surface area contributed by atoms with E-state index in [2.05, 4.69) is 12.2 Å². The van der Waals surface area contributed by atoms with Crippen LogP contribution in [0.4, 0.5) is 18.9 Å². The van der Waals surface area contributed by atoms with Crippen molar-refractivity contribution < 1.29 is 13.2 Å². The Balaban J connectivity index is 2.23. The summed E-state index contributed by atoms with van der Waals surface area (Å²) < 4.78 is 39.3. The van der Waals surface area contributed by atoms with Gasteiger partial charge in [-0.2, -0.15) is 13.2 Å². The van der Waals surface area contributed by atoms with Crippen molar-refractivity contribution in [3.8, 4) is 0 Å². The molecule has 1 aliphatic heterocycles. The first-order valence-electron chi connectivity index (χ1n) is 7.02. The van der Waals surface area contributed by atoms with Crippen LogP contribution in [0.2, 0.25) is 0 Å². The van der Waals surface area contributed by atoms with E-state index in [9.17, 15) is 13.2 Å². The molecule has 2 unspecified atom stereocenters. The van der Waals surface area contributed by atoms with Crippen molar-refractivity contribution in [3.05, 3.63) is 29.8 Å². The molecule has 1 heterocycles. The summed E-state index contributed by atoms with van der Waals surface area (Å²) >= 11 is 0. The highest BCUT2D eigenvalue weighted by Gasteiger charge is 2.35. The maximum atomic E-state index is 13.1. The zero-order valence-corrected chi connectivity index (χ0v) is 11.9. The molecule has 0 aliphatic carbocycles. The van der Waals surface area contributed by atoms with Crippen molar-refractivity contribution in [1.29, 1.82) is 0 Å². The fourth-order valence-electron chi connectivity index (χ4n) is 2.86. The van der Waals surface area contributed by atoms with Crippen LogP contribution < -0.4 is 10.2 Å². The van der Waals surface area contributed by atoms with Gasteiger partial charge in [0.05, 0.1) is 5.56 Å². The molecule has 0 saturated carbocycles. The molecule has 5 heteroatoms. The summed E-state index contributed by atoms with van der Waals surface area (Å²) in [7, 11) is 1.90. The number of alkyl halides is 3. The van der Waals surface area contributed by atoms with Crippen molar-refractivity contribution in [2.75, 3.05) is 25.0 Å². The number of rotatable bonds is 3. The average Bonchev–Trinajstić information content (AvgIpc) is 2.45. The lowest BCUT2D eigenvalue weighted by Gasteiger charge is -2.38. The fraction of sp³-hybridized carbons (Fsp3) is 0.600. The van der Waals surface area contributed by atoms with E-state index in [0.717, 1.165) is 12.8 Å². The van der Waals surface area contributed by atoms with Gasteiger partial charge in [-0.15, -0.1) is 0 Å². The molecule has 0 bridgehead atoms. The van der Waals surface area contributed by atoms with Crippen molar-refractivity contribution in [2.24, 2.45) is 5.92 Å². The number of anilines is 1. The third-order valence-electron chi connectivity index (χ3n) is 4.17. The maximum absolute atomic E-state index is 13.1. The minimum Gasteiger partial charge on any atom is -0.371 e. The topological polar surface area (TPSA) is 15.3 Å². The van der Waals surface area contributed by atoms with E-state index < -0.39 is 11.7 Å². The Morgan fingerprint density at radius 1 is 1.30 bits per heavy atom. The van der Waals surface area contributed by atoms with E-state index in [-0.39, 0.29) is 0 Å². The third-order valence-corrected chi connectivity index (χ3v) is 4.17. The van der Waals surface area contributed by atoms with E-state index in [4.69, 9.17) is 0 Å². The van der Waals surface area contributed by atoms with E-state index in [1.807, 2.05) is 11.9 Å². The largest absolute Gasteiger partial charge is 0.418 e. The van der Waals surface area contributed by atoms with E-state index >= 15 is 0 Å². The molecular formula is C15H21F3N2. The van der Waals surface area contributed by atoms with Crippen LogP contribution in [0.1, 0.15) is 25.3 Å². The van der Waals surface area contributed by atoms with Crippen molar-refractivity contribution in [2.45, 2.75) is 32.0 Å². The lowest BCUT2D eigenvalue weighted by Crippen LogP contribution is -2.44. The zero-order chi connectivity index (χ0) is 14.8. The first kappa shape index (κ1) is 15.2. The molecule has 0 radical (unpaired) electrons. The number of benzene rings is 1. The lowest BCUT2D eigenvalue weighted by atomic mass is 9.91. The minimum absolute atomic E-state index is 0.313. The monoisotopic (exact) mass is 286 g/mol. The minimum atomic E-state index is -4.29. The fourth-order valence-corrected chi connectivity index (χ4v) is 2.86. The summed E-state index contributed by atoms with van der Waals surface area (Å²) in [6.45, 7) is 3.46. The highest BCUT2D eigenvalue weighted by atomic mass is 19.4. The van der Waals surface area contributed by atoms with Gasteiger partial charge in [0.25, 0.3) is 0 Å². The Labute approximate surface area is 118 Å². The highest BCUT2D eigenvalue weighted by Crippen LogP contribution is 2.37. The van der Waals surface area contributed by atoms with Crippen molar-refractivity contribution in [1.82, 2.24) is 5.32 Å². The number of halogens is 3. The second-order valence-electron chi connectivity index (χ2n) is 5.44. The maximum Gasteiger partial charge on any atom is 0.418 e. The highest BCUT2D eigenvalue weighted by molar-refractivity contribution is 5.55. The van der Waals surface area contributed by atoms with Gasteiger partial charge in [-0.25, -0.2) is 0 Å². The number of hydrogen-bond donors (Lipinski definition) is 1. The molecule has 2 atom stereocenters. The Bertz CT molecular complexity index is 445. The SMILES string of the molecule is CNC(C)C1CCCN(c2ccccc2C(F)(F)F)C1. The summed E-state index contributed by atoms with van der Waals surface area (Å²) in [5.74, 6) is 0.384. The Morgan fingerprint density at radius 2 is 2.00 bits per heavy atom. The molecule has 1 aromatic rings. The van der Waals surface area contributed by atoms with Crippen LogP contribution in [0, 0.1) is 5.92 Å². The summed E-state index contributed by atoms with van der Waals surface area (Å²) in [5, 5.41) is 3.20. The van der Waals surface area contributed by atoms with E-state index in [0.29, 0.717) is 30.7 Å². The van der Waals surface area contributed by atoms with E-state index in [1.54, 1.807) is 12.1 Å². The molecule has 20 heavy (non-hydrogen) atoms. The van der Waals surface area contributed by atoms with Crippen LogP contribution in [0.15, 0.2) is 24.3 Å². The zero-order valence-electron chi connectivity index (χ0n) is 11.9. The summed E-state index contributed by atoms with van der Waals surface area (Å²) in [6.07, 6.45) is -2.30. The van der Waals surface area contributed by atoms with Crippen LogP contribution in [-0.2, 0) is 6.18 Å². The average molecular weight is 286 g/mol. The normalized spacial score (nSPS) is 21.9. The molecule has 1 N–H and O–H groups in total. The van der Waals surface area contributed by atoms with Gasteiger partial charge in [0.15, 0.2) is 0 Å². The van der Waals surface area contributed by atoms with Gasteiger partial charge in [-0.1, -0.05) is 12.1 Å². The molecule has 0 spiro atoms. The molecule has 1 fully saturated rings. The van der Waals surface area contributed by atoms with Gasteiger partial charge < -0.3 is 10.2 Å². The second-order valence-corrected chi connectivity index (χ2v) is 5.44. The molecule has 1 saturated heterocycles. The van der Waals surface area contributed by atoms with Gasteiger partial charge in [0.2, 0.25) is 0 Å². The summed E-state index contributed by atoms with van der Waals surface area (Å²) in [5.41, 5.74) is -0.217. The van der Waals surface area contributed by atoms with Crippen LogP contribution in [0.3, 0.4) is 0 Å². The van der Waals surface area contributed by atoms with Crippen LogP contribution >= 0.6 is 0 Å². The van der Waals surface area contributed by atoms with Crippen molar-refractivity contribution >= 4 is 5.69 Å². The van der Waals surface area contributed by atoms with E-state index in [1.165, 1.54) is 12.1 Å². The van der Waals surface area contributed by atoms with Gasteiger partial charge in [0.1, 0.15) is 0 Å². The summed E-state index contributed by atoms with van der Waals surface area (Å²) in [4.78, 5) is 1.88. The predicted octanol–water partition coefficient (Wildman–Crippen LogP) is 3.53. The second kappa shape index (κ2) is 6.04. The lowest BCUT2D eigenvalue weighted by molar-refractivity contribution is -0.137. The molecule has 2 nitrogen and oxygen atoms in total. The Hall–Kier alpha value is -1.23. The van der Waals surface area contributed by atoms with Crippen LogP contribution in [0.25, 0.3) is 0 Å². The summed E-state index contributed by atoms with van der Waals surface area (Å²) in [6, 6.07) is 6.19. The quantitative estimate of drug-likeness (QED) is 0.914. The molecule has 0 aromatic heterocycles. The van der Waals surface area contributed by atoms with Gasteiger partial charge in [-0.3, -0.25) is 0 Å². The standard InChI is InChI=1S/C15H21F3N2/c1-11(19-2)12-6-5-9-20(10-12)14-8-4-3-7-13(14)15(16,17)18/h3-4,7-8,11-12,19H,5-6,9-10H2,1-2H3. The molecular weight excluding hydrogens is 265 g/mol. The predicted molar refractivity (Wildman–Crippen MR) is 74.9 cm³/mol. The van der Waals surface area contributed by atoms with Crippen LogP contribution in [0.5, 0.6) is 0 Å². The van der Waals surface area contributed by atoms with Crippen molar-refractivity contribution in [3.63, 3.8) is 0 Å². The first-order valence-corrected chi connectivity index (χ1v) is 7.02. The molecule has 112 valence electrons. The van der Waals surface area contributed by atoms with Crippen LogP contribution in [-0.4, -0.2) is 26.2 Å². The smallest absolute Gasteiger partial charge is 0.371 e. The first-order chi connectivity index (χ1) is 9.43. The van der Waals surface area contributed by atoms with Gasteiger partial charge >= 0.3 is 6.18 Å². The van der Waals surface area contributed by atoms with Gasteiger partial charge in [-0.05, 0) is 44.9 Å². The number of nitrogens with one attached hydrogen (secondary N) is 1. The number of para-hydroxylation sites is 1. The molecule has 2 rings (SSSR count). The Kier molecular flexibility index (Phi) is 4.58. The third kappa shape index (κ3) is 3.26. The Morgan fingerprint density at radius 3 is 2.65 bits per heavy atom. The molecule has 1 aromatic carbocycles. The number of piperidine rings is 1. The number of nitrogens with zero attached hydrogens (tertiary/aromatic N) is 1. The molecule has 1 aliphatic rings. The molecule has 0 amide bonds. The number of hydrogen-bond acceptors (Lipinski definition) is 2. The van der Waals surface area contributed by atoms with Gasteiger partial charge in [0, 0.05) is 24.8 Å².